The Morgan fingerprint density at radius 2 is 2.00 bits per heavy atom. The van der Waals surface area contributed by atoms with Crippen molar-refractivity contribution in [3.8, 4) is 5.75 Å². The summed E-state index contributed by atoms with van der Waals surface area (Å²) in [5, 5.41) is 3.08. The van der Waals surface area contributed by atoms with E-state index in [-0.39, 0.29) is 17.5 Å². The Morgan fingerprint density at radius 1 is 1.36 bits per heavy atom. The molecule has 1 amide bonds. The van der Waals surface area contributed by atoms with Crippen molar-refractivity contribution < 1.29 is 9.53 Å². The molecule has 1 aromatic carbocycles. The molecule has 1 aromatic rings. The minimum Gasteiger partial charge on any atom is -0.492 e. The van der Waals surface area contributed by atoms with Crippen molar-refractivity contribution in [3.63, 3.8) is 0 Å². The first kappa shape index (κ1) is 18.5. The van der Waals surface area contributed by atoms with Gasteiger partial charge in [0.05, 0.1) is 6.04 Å². The van der Waals surface area contributed by atoms with Crippen molar-refractivity contribution in [1.29, 1.82) is 0 Å². The van der Waals surface area contributed by atoms with Crippen LogP contribution in [-0.2, 0) is 4.79 Å². The van der Waals surface area contributed by atoms with Crippen LogP contribution in [0, 0.1) is 6.92 Å². The normalized spacial score (nSPS) is 13.0. The maximum atomic E-state index is 12.3. The number of rotatable bonds is 8. The third-order valence-electron chi connectivity index (χ3n) is 4.18. The van der Waals surface area contributed by atoms with Gasteiger partial charge in [0.1, 0.15) is 12.4 Å². The fourth-order valence-electron chi connectivity index (χ4n) is 1.94. The van der Waals surface area contributed by atoms with Gasteiger partial charge in [-0.15, -0.1) is 0 Å². The minimum absolute atomic E-state index is 0.0604. The zero-order valence-electron chi connectivity index (χ0n) is 14.8. The molecule has 1 atom stereocenters. The number of carbonyl (C=O) groups excluding carboxylic acids is 1. The molecule has 0 radical (unpaired) electrons. The standard InChI is InChI=1S/C18H30N2O2/c1-7-18(4,5)19-17(21)15(3)20(6)12-13-22-16-11-9-8-10-14(16)2/h8-11,15H,7,12-13H2,1-6H3,(H,19,21). The second-order valence-corrected chi connectivity index (χ2v) is 6.50. The fraction of sp³-hybridized carbons (Fsp3) is 0.611. The van der Waals surface area contributed by atoms with Gasteiger partial charge >= 0.3 is 0 Å². The molecule has 0 saturated heterocycles. The van der Waals surface area contributed by atoms with E-state index < -0.39 is 0 Å². The summed E-state index contributed by atoms with van der Waals surface area (Å²) in [6, 6.07) is 7.79. The number of nitrogens with one attached hydrogen (secondary N) is 1. The number of benzene rings is 1. The predicted octanol–water partition coefficient (Wildman–Crippen LogP) is 3.00. The van der Waals surface area contributed by atoms with Crippen LogP contribution in [0.2, 0.25) is 0 Å². The lowest BCUT2D eigenvalue weighted by atomic mass is 10.0. The first-order valence-electron chi connectivity index (χ1n) is 7.97. The van der Waals surface area contributed by atoms with Crippen LogP contribution in [0.3, 0.4) is 0 Å². The van der Waals surface area contributed by atoms with Crippen LogP contribution >= 0.6 is 0 Å². The van der Waals surface area contributed by atoms with E-state index in [0.29, 0.717) is 13.2 Å². The number of hydrogen-bond donors (Lipinski definition) is 1. The summed E-state index contributed by atoms with van der Waals surface area (Å²) >= 11 is 0. The monoisotopic (exact) mass is 306 g/mol. The molecule has 0 spiro atoms. The highest BCUT2D eigenvalue weighted by atomic mass is 16.5. The molecule has 0 saturated carbocycles. The van der Waals surface area contributed by atoms with Gasteiger partial charge in [-0.05, 0) is 52.8 Å². The lowest BCUT2D eigenvalue weighted by Gasteiger charge is -2.30. The number of hydrogen-bond acceptors (Lipinski definition) is 3. The molecule has 4 heteroatoms. The molecule has 0 aromatic heterocycles. The molecular weight excluding hydrogens is 276 g/mol. The summed E-state index contributed by atoms with van der Waals surface area (Å²) in [5.41, 5.74) is 0.963. The fourth-order valence-corrected chi connectivity index (χ4v) is 1.94. The highest BCUT2D eigenvalue weighted by Gasteiger charge is 2.24. The lowest BCUT2D eigenvalue weighted by molar-refractivity contribution is -0.127. The molecule has 0 bridgehead atoms. The summed E-state index contributed by atoms with van der Waals surface area (Å²) in [4.78, 5) is 14.3. The van der Waals surface area contributed by atoms with Crippen molar-refractivity contribution in [3.05, 3.63) is 29.8 Å². The van der Waals surface area contributed by atoms with E-state index in [1.165, 1.54) is 0 Å². The van der Waals surface area contributed by atoms with Crippen molar-refractivity contribution in [1.82, 2.24) is 10.2 Å². The van der Waals surface area contributed by atoms with Gasteiger partial charge in [-0.3, -0.25) is 9.69 Å². The Balaban J connectivity index is 2.43. The third kappa shape index (κ3) is 5.68. The highest BCUT2D eigenvalue weighted by molar-refractivity contribution is 5.81. The third-order valence-corrected chi connectivity index (χ3v) is 4.18. The average molecular weight is 306 g/mol. The van der Waals surface area contributed by atoms with Crippen molar-refractivity contribution in [2.24, 2.45) is 0 Å². The maximum Gasteiger partial charge on any atom is 0.237 e. The van der Waals surface area contributed by atoms with Crippen LogP contribution in [0.4, 0.5) is 0 Å². The number of nitrogens with zero attached hydrogens (tertiary/aromatic N) is 1. The molecule has 124 valence electrons. The van der Waals surface area contributed by atoms with Gasteiger partial charge in [0.2, 0.25) is 5.91 Å². The predicted molar refractivity (Wildman–Crippen MR) is 91.3 cm³/mol. The van der Waals surface area contributed by atoms with E-state index in [4.69, 9.17) is 4.74 Å². The van der Waals surface area contributed by atoms with Gasteiger partial charge in [0, 0.05) is 12.1 Å². The van der Waals surface area contributed by atoms with E-state index in [0.717, 1.165) is 17.7 Å². The molecule has 1 N–H and O–H groups in total. The Kier molecular flexibility index (Phi) is 6.88. The van der Waals surface area contributed by atoms with E-state index in [1.54, 1.807) is 0 Å². The number of para-hydroxylation sites is 1. The summed E-state index contributed by atoms with van der Waals surface area (Å²) in [7, 11) is 1.95. The van der Waals surface area contributed by atoms with E-state index in [9.17, 15) is 4.79 Å². The van der Waals surface area contributed by atoms with Crippen LogP contribution in [0.15, 0.2) is 24.3 Å². The lowest BCUT2D eigenvalue weighted by Crippen LogP contribution is -2.51. The first-order valence-corrected chi connectivity index (χ1v) is 7.97. The summed E-state index contributed by atoms with van der Waals surface area (Å²) in [6.07, 6.45) is 0.908. The van der Waals surface area contributed by atoms with Gasteiger partial charge in [-0.25, -0.2) is 0 Å². The number of ether oxygens (including phenoxy) is 1. The summed E-state index contributed by atoms with van der Waals surface area (Å²) < 4.78 is 5.79. The number of amides is 1. The molecule has 0 aliphatic rings. The Hall–Kier alpha value is -1.55. The zero-order valence-corrected chi connectivity index (χ0v) is 14.8. The molecule has 4 nitrogen and oxygen atoms in total. The van der Waals surface area contributed by atoms with Gasteiger partial charge < -0.3 is 10.1 Å². The number of aryl methyl sites for hydroxylation is 1. The van der Waals surface area contributed by atoms with Crippen LogP contribution in [0.25, 0.3) is 0 Å². The van der Waals surface area contributed by atoms with Crippen molar-refractivity contribution in [2.75, 3.05) is 20.2 Å². The van der Waals surface area contributed by atoms with Crippen LogP contribution in [-0.4, -0.2) is 42.6 Å². The maximum absolute atomic E-state index is 12.3. The number of carbonyl (C=O) groups is 1. The second kappa shape index (κ2) is 8.18. The molecule has 22 heavy (non-hydrogen) atoms. The molecule has 1 rings (SSSR count). The molecule has 0 fully saturated rings. The quantitative estimate of drug-likeness (QED) is 0.803. The highest BCUT2D eigenvalue weighted by Crippen LogP contribution is 2.16. The zero-order chi connectivity index (χ0) is 16.8. The van der Waals surface area contributed by atoms with Gasteiger partial charge in [-0.1, -0.05) is 25.1 Å². The molecule has 0 aliphatic heterocycles. The molecule has 0 heterocycles. The summed E-state index contributed by atoms with van der Waals surface area (Å²) in [6.45, 7) is 11.4. The molecular formula is C18H30N2O2. The molecule has 1 unspecified atom stereocenters. The van der Waals surface area contributed by atoms with Gasteiger partial charge in [0.25, 0.3) is 0 Å². The SMILES string of the molecule is CCC(C)(C)NC(=O)C(C)N(C)CCOc1ccccc1C. The topological polar surface area (TPSA) is 41.6 Å². The largest absolute Gasteiger partial charge is 0.492 e. The van der Waals surface area contributed by atoms with E-state index in [1.807, 2.05) is 63.9 Å². The Morgan fingerprint density at radius 3 is 2.59 bits per heavy atom. The Bertz CT molecular complexity index is 486. The first-order chi connectivity index (χ1) is 10.3. The Labute approximate surface area is 134 Å². The summed E-state index contributed by atoms with van der Waals surface area (Å²) in [5.74, 6) is 0.963. The minimum atomic E-state index is -0.175. The van der Waals surface area contributed by atoms with E-state index in [2.05, 4.69) is 12.2 Å². The van der Waals surface area contributed by atoms with Gasteiger partial charge in [0.15, 0.2) is 0 Å². The van der Waals surface area contributed by atoms with Crippen LogP contribution in [0.5, 0.6) is 5.75 Å². The second-order valence-electron chi connectivity index (χ2n) is 6.50. The number of likely N-dealkylation sites (N-methyl/N-ethyl adjacent to an activating group) is 1. The van der Waals surface area contributed by atoms with Crippen LogP contribution in [0.1, 0.15) is 39.7 Å². The van der Waals surface area contributed by atoms with Crippen molar-refractivity contribution >= 4 is 5.91 Å². The average Bonchev–Trinajstić information content (AvgIpc) is 2.47. The van der Waals surface area contributed by atoms with E-state index >= 15 is 0 Å². The van der Waals surface area contributed by atoms with Crippen molar-refractivity contribution in [2.45, 2.75) is 52.6 Å². The smallest absolute Gasteiger partial charge is 0.237 e. The molecule has 0 aliphatic carbocycles. The van der Waals surface area contributed by atoms with Crippen LogP contribution < -0.4 is 10.1 Å². The van der Waals surface area contributed by atoms with Gasteiger partial charge in [-0.2, -0.15) is 0 Å².